The van der Waals surface area contributed by atoms with E-state index in [9.17, 15) is 4.79 Å². The highest BCUT2D eigenvalue weighted by Crippen LogP contribution is 2.22. The van der Waals surface area contributed by atoms with Crippen LogP contribution in [-0.2, 0) is 16.1 Å². The van der Waals surface area contributed by atoms with E-state index in [1.54, 1.807) is 14.0 Å². The molecular weight excluding hydrogens is 354 g/mol. The van der Waals surface area contributed by atoms with Gasteiger partial charge in [-0.25, -0.2) is 4.68 Å². The predicted octanol–water partition coefficient (Wildman–Crippen LogP) is 1.43. The Morgan fingerprint density at radius 2 is 2.15 bits per heavy atom. The lowest BCUT2D eigenvalue weighted by molar-refractivity contribution is -0.120. The van der Waals surface area contributed by atoms with Gasteiger partial charge in [-0.3, -0.25) is 4.79 Å². The summed E-state index contributed by atoms with van der Waals surface area (Å²) in [5.74, 6) is 7.19. The van der Waals surface area contributed by atoms with Crippen LogP contribution in [0.25, 0.3) is 0 Å². The number of carbonyl (C=O) groups excluding carboxylic acids is 1. The first kappa shape index (κ1) is 20.1. The van der Waals surface area contributed by atoms with Crippen molar-refractivity contribution in [2.24, 2.45) is 0 Å². The molecule has 26 heavy (non-hydrogen) atoms. The Kier molecular flexibility index (Phi) is 7.28. The van der Waals surface area contributed by atoms with Crippen LogP contribution in [0.15, 0.2) is 23.4 Å². The van der Waals surface area contributed by atoms with E-state index in [0.29, 0.717) is 24.1 Å². The van der Waals surface area contributed by atoms with Gasteiger partial charge in [-0.1, -0.05) is 29.5 Å². The molecule has 3 N–H and O–H groups in total. The van der Waals surface area contributed by atoms with Crippen molar-refractivity contribution in [3.63, 3.8) is 0 Å². The zero-order valence-electron chi connectivity index (χ0n) is 15.5. The number of nitrogens with zero attached hydrogens (tertiary/aromatic N) is 3. The third-order valence-corrected chi connectivity index (χ3v) is 4.74. The van der Waals surface area contributed by atoms with Crippen molar-refractivity contribution >= 4 is 17.7 Å². The van der Waals surface area contributed by atoms with Crippen LogP contribution >= 0.6 is 11.8 Å². The summed E-state index contributed by atoms with van der Waals surface area (Å²) >= 11 is 1.24. The quantitative estimate of drug-likeness (QED) is 0.386. The van der Waals surface area contributed by atoms with Crippen LogP contribution in [0.3, 0.4) is 0 Å². The second-order valence-electron chi connectivity index (χ2n) is 5.87. The Morgan fingerprint density at radius 3 is 2.85 bits per heavy atom. The Hall–Kier alpha value is -2.26. The molecule has 8 nitrogen and oxygen atoms in total. The number of methoxy groups -OCH3 is 1. The van der Waals surface area contributed by atoms with Gasteiger partial charge in [0, 0.05) is 13.7 Å². The van der Waals surface area contributed by atoms with Gasteiger partial charge >= 0.3 is 0 Å². The third kappa shape index (κ3) is 5.37. The highest BCUT2D eigenvalue weighted by atomic mass is 32.2. The van der Waals surface area contributed by atoms with Gasteiger partial charge in [0.05, 0.1) is 11.9 Å². The van der Waals surface area contributed by atoms with Crippen LogP contribution < -0.4 is 15.9 Å². The number of nitrogens with two attached hydrogens (primary N) is 1. The fraction of sp³-hybridized carbons (Fsp3) is 0.471. The molecule has 0 spiro atoms. The molecule has 0 saturated heterocycles. The molecule has 1 aromatic heterocycles. The molecule has 0 aliphatic heterocycles. The van der Waals surface area contributed by atoms with Crippen LogP contribution in [0.2, 0.25) is 0 Å². The van der Waals surface area contributed by atoms with Gasteiger partial charge in [0.1, 0.15) is 12.4 Å². The summed E-state index contributed by atoms with van der Waals surface area (Å²) in [6.45, 7) is 6.93. The van der Waals surface area contributed by atoms with Crippen LogP contribution in [0, 0.1) is 13.8 Å². The van der Waals surface area contributed by atoms with Crippen LogP contribution in [0.1, 0.15) is 23.9 Å². The van der Waals surface area contributed by atoms with E-state index >= 15 is 0 Å². The average Bonchev–Trinajstić information content (AvgIpc) is 2.94. The summed E-state index contributed by atoms with van der Waals surface area (Å²) in [5, 5.41) is 11.0. The Balaban J connectivity index is 1.93. The topological polar surface area (TPSA) is 104 Å². The third-order valence-electron chi connectivity index (χ3n) is 3.68. The minimum absolute atomic E-state index is 0.108. The van der Waals surface area contributed by atoms with Crippen molar-refractivity contribution in [3.05, 3.63) is 35.2 Å². The summed E-state index contributed by atoms with van der Waals surface area (Å²) in [5.41, 5.74) is 2.22. The molecule has 2 aromatic rings. The molecule has 1 heterocycles. The van der Waals surface area contributed by atoms with E-state index < -0.39 is 0 Å². The first-order valence-corrected chi connectivity index (χ1v) is 9.13. The molecule has 1 amide bonds. The lowest BCUT2D eigenvalue weighted by atomic mass is 10.1. The average molecular weight is 379 g/mol. The molecule has 0 unspecified atom stereocenters. The normalized spacial score (nSPS) is 12.0. The zero-order valence-corrected chi connectivity index (χ0v) is 16.3. The van der Waals surface area contributed by atoms with Crippen molar-refractivity contribution < 1.29 is 14.3 Å². The molecule has 0 radical (unpaired) electrons. The van der Waals surface area contributed by atoms with Gasteiger partial charge in [0.2, 0.25) is 11.1 Å². The number of hydrogen-bond donors (Lipinski definition) is 2. The molecule has 142 valence electrons. The minimum atomic E-state index is -0.355. The van der Waals surface area contributed by atoms with Gasteiger partial charge in [-0.2, -0.15) is 0 Å². The largest absolute Gasteiger partial charge is 0.485 e. The molecule has 1 atom stereocenters. The number of thioether (sulfide) groups is 1. The Labute approximate surface area is 157 Å². The number of rotatable bonds is 9. The van der Waals surface area contributed by atoms with Crippen molar-refractivity contribution in [1.82, 2.24) is 20.2 Å². The van der Waals surface area contributed by atoms with Crippen LogP contribution in [-0.4, -0.2) is 46.3 Å². The zero-order chi connectivity index (χ0) is 19.1. The number of aromatic nitrogens is 3. The summed E-state index contributed by atoms with van der Waals surface area (Å²) < 4.78 is 12.0. The summed E-state index contributed by atoms with van der Waals surface area (Å²) in [6, 6.07) is 5.96. The number of amides is 1. The van der Waals surface area contributed by atoms with Crippen molar-refractivity contribution in [2.45, 2.75) is 37.8 Å². The molecule has 0 fully saturated rings. The maximum absolute atomic E-state index is 12.0. The van der Waals surface area contributed by atoms with Gasteiger partial charge in [-0.05, 0) is 32.4 Å². The lowest BCUT2D eigenvalue weighted by Gasteiger charge is -2.12. The van der Waals surface area contributed by atoms with Gasteiger partial charge < -0.3 is 20.6 Å². The maximum atomic E-state index is 12.0. The second-order valence-corrected chi connectivity index (χ2v) is 7.18. The molecule has 0 saturated carbocycles. The Bertz CT molecular complexity index is 750. The highest BCUT2D eigenvalue weighted by molar-refractivity contribution is 8.00. The monoisotopic (exact) mass is 379 g/mol. The first-order valence-electron chi connectivity index (χ1n) is 8.25. The van der Waals surface area contributed by atoms with E-state index in [4.69, 9.17) is 15.3 Å². The SMILES string of the molecule is COCCNC(=O)[C@H](C)Sc1nnc(COc2ccc(C)cc2C)n1N. The number of hydrogen-bond acceptors (Lipinski definition) is 7. The van der Waals surface area contributed by atoms with Crippen molar-refractivity contribution in [2.75, 3.05) is 26.1 Å². The van der Waals surface area contributed by atoms with Crippen molar-refractivity contribution in [1.29, 1.82) is 0 Å². The van der Waals surface area contributed by atoms with E-state index in [1.165, 1.54) is 22.0 Å². The molecule has 1 aromatic carbocycles. The first-order chi connectivity index (χ1) is 12.4. The fourth-order valence-electron chi connectivity index (χ4n) is 2.22. The molecule has 2 rings (SSSR count). The van der Waals surface area contributed by atoms with Crippen molar-refractivity contribution in [3.8, 4) is 5.75 Å². The van der Waals surface area contributed by atoms with Gasteiger partial charge in [0.15, 0.2) is 5.82 Å². The van der Waals surface area contributed by atoms with E-state index in [2.05, 4.69) is 15.5 Å². The van der Waals surface area contributed by atoms with E-state index in [0.717, 1.165) is 11.3 Å². The molecule has 0 aliphatic rings. The maximum Gasteiger partial charge on any atom is 0.233 e. The molecule has 9 heteroatoms. The summed E-state index contributed by atoms with van der Waals surface area (Å²) in [7, 11) is 1.59. The number of carbonyl (C=O) groups is 1. The fourth-order valence-corrected chi connectivity index (χ4v) is 3.03. The van der Waals surface area contributed by atoms with E-state index in [-0.39, 0.29) is 17.8 Å². The van der Waals surface area contributed by atoms with Gasteiger partial charge in [0.25, 0.3) is 0 Å². The predicted molar refractivity (Wildman–Crippen MR) is 101 cm³/mol. The van der Waals surface area contributed by atoms with Gasteiger partial charge in [-0.15, -0.1) is 10.2 Å². The minimum Gasteiger partial charge on any atom is -0.485 e. The smallest absolute Gasteiger partial charge is 0.233 e. The van der Waals surface area contributed by atoms with Crippen LogP contribution in [0.4, 0.5) is 0 Å². The number of benzene rings is 1. The van der Waals surface area contributed by atoms with Crippen LogP contribution in [0.5, 0.6) is 5.75 Å². The summed E-state index contributed by atoms with van der Waals surface area (Å²) in [4.78, 5) is 12.0. The number of ether oxygens (including phenoxy) is 2. The molecular formula is C17H25N5O3S. The Morgan fingerprint density at radius 1 is 1.38 bits per heavy atom. The number of nitrogen functional groups attached to an aromatic ring is 1. The van der Waals surface area contributed by atoms with E-state index in [1.807, 2.05) is 32.0 Å². The summed E-state index contributed by atoms with van der Waals surface area (Å²) in [6.07, 6.45) is 0. The standard InChI is InChI=1S/C17H25N5O3S/c1-11-5-6-14(12(2)9-11)25-10-15-20-21-17(22(15)18)26-13(3)16(23)19-7-8-24-4/h5-6,9,13H,7-8,10,18H2,1-4H3,(H,19,23)/t13-/m0/s1. The molecule has 0 bridgehead atoms. The lowest BCUT2D eigenvalue weighted by Crippen LogP contribution is -2.33. The second kappa shape index (κ2) is 9.44. The number of nitrogens with one attached hydrogen (secondary N) is 1. The number of aryl methyl sites for hydroxylation is 2. The highest BCUT2D eigenvalue weighted by Gasteiger charge is 2.19. The molecule has 0 aliphatic carbocycles.